The molecule has 2 rings (SSSR count). The summed E-state index contributed by atoms with van der Waals surface area (Å²) in [5, 5.41) is 8.46. The van der Waals surface area contributed by atoms with Crippen LogP contribution in [0.1, 0.15) is 27.5 Å². The lowest BCUT2D eigenvalue weighted by Crippen LogP contribution is -2.23. The van der Waals surface area contributed by atoms with Gasteiger partial charge in [0.15, 0.2) is 0 Å². The summed E-state index contributed by atoms with van der Waals surface area (Å²) in [7, 11) is 0. The number of hydrogen-bond donors (Lipinski definition) is 3. The quantitative estimate of drug-likeness (QED) is 0.358. The first-order valence-corrected chi connectivity index (χ1v) is 5.06. The molecule has 0 bridgehead atoms. The second-order valence-corrected chi connectivity index (χ2v) is 3.85. The van der Waals surface area contributed by atoms with Gasteiger partial charge in [-0.15, -0.1) is 0 Å². The number of nitrogens with one attached hydrogen (secondary N) is 1. The number of fused-ring (bicyclic) bond motifs is 1. The average molecular weight is 242 g/mol. The fraction of sp³-hybridized carbons (Fsp3) is 0.375. The Balaban J connectivity index is 2.39. The zero-order valence-corrected chi connectivity index (χ0v) is 9.15. The number of imidazole rings is 1. The summed E-state index contributed by atoms with van der Waals surface area (Å²) < 4.78 is 2.84. The van der Waals surface area contributed by atoms with Crippen LogP contribution in [0.4, 0.5) is 0 Å². The van der Waals surface area contributed by atoms with Gasteiger partial charge in [0.05, 0.1) is 0 Å². The Bertz CT molecular complexity index is 444. The highest BCUT2D eigenvalue weighted by Gasteiger charge is 2.24. The van der Waals surface area contributed by atoms with Gasteiger partial charge in [0, 0.05) is 19.3 Å². The zero-order valence-electron chi connectivity index (χ0n) is 8.25. The first-order chi connectivity index (χ1) is 7.63. The van der Waals surface area contributed by atoms with Gasteiger partial charge in [-0.05, 0) is 6.42 Å². The minimum atomic E-state index is -0.737. The largest absolute Gasteiger partial charge is 0.326 e. The van der Waals surface area contributed by atoms with E-state index in [1.54, 1.807) is 4.57 Å². The second-order valence-electron chi connectivity index (χ2n) is 3.37. The Morgan fingerprint density at radius 1 is 1.56 bits per heavy atom. The van der Waals surface area contributed by atoms with Crippen LogP contribution >= 0.6 is 12.8 Å². The van der Waals surface area contributed by atoms with Crippen molar-refractivity contribution < 1.29 is 14.8 Å². The van der Waals surface area contributed by atoms with Gasteiger partial charge in [0.25, 0.3) is 11.8 Å². The fourth-order valence-corrected chi connectivity index (χ4v) is 1.76. The summed E-state index contributed by atoms with van der Waals surface area (Å²) in [4.78, 5) is 26.7. The van der Waals surface area contributed by atoms with E-state index in [4.69, 9.17) is 5.21 Å². The first-order valence-electron chi connectivity index (χ1n) is 4.66. The standard InChI is InChI=1S/C8H10N4O3S/c13-7(10-15)5-4-11-2-1-3-12(16)8(14)6(11)9-5/h4,15-16H,1-3H2,(H,10,13). The lowest BCUT2D eigenvalue weighted by molar-refractivity contribution is 0.0701. The molecule has 0 radical (unpaired) electrons. The number of carbonyl (C=O) groups excluding carboxylic acids is 2. The lowest BCUT2D eigenvalue weighted by atomic mass is 10.4. The van der Waals surface area contributed by atoms with Gasteiger partial charge in [-0.1, -0.05) is 12.8 Å². The van der Waals surface area contributed by atoms with E-state index in [0.717, 1.165) is 6.42 Å². The molecule has 0 aromatic carbocycles. The Labute approximate surface area is 96.6 Å². The van der Waals surface area contributed by atoms with Crippen LogP contribution in [-0.4, -0.2) is 37.4 Å². The maximum atomic E-state index is 11.7. The third-order valence-corrected chi connectivity index (χ3v) is 2.69. The van der Waals surface area contributed by atoms with Gasteiger partial charge in [-0.3, -0.25) is 19.1 Å². The smallest absolute Gasteiger partial charge is 0.299 e. The van der Waals surface area contributed by atoms with E-state index < -0.39 is 5.91 Å². The van der Waals surface area contributed by atoms with Crippen molar-refractivity contribution in [2.24, 2.45) is 0 Å². The topological polar surface area (TPSA) is 87.5 Å². The van der Waals surface area contributed by atoms with Gasteiger partial charge in [0.2, 0.25) is 5.82 Å². The molecule has 1 aliphatic heterocycles. The second kappa shape index (κ2) is 4.14. The maximum absolute atomic E-state index is 11.7. The van der Waals surface area contributed by atoms with Crippen LogP contribution in [-0.2, 0) is 6.54 Å². The predicted molar refractivity (Wildman–Crippen MR) is 56.1 cm³/mol. The van der Waals surface area contributed by atoms with Crippen molar-refractivity contribution in [3.63, 3.8) is 0 Å². The number of hydrogen-bond acceptors (Lipinski definition) is 5. The number of hydroxylamine groups is 1. The summed E-state index contributed by atoms with van der Waals surface area (Å²) in [5.41, 5.74) is 1.48. The number of aryl methyl sites for hydroxylation is 1. The minimum absolute atomic E-state index is 0.00878. The van der Waals surface area contributed by atoms with E-state index in [1.807, 2.05) is 0 Å². The molecule has 16 heavy (non-hydrogen) atoms. The Kier molecular flexibility index (Phi) is 2.84. The number of aromatic nitrogens is 2. The van der Waals surface area contributed by atoms with Gasteiger partial charge in [0.1, 0.15) is 5.69 Å². The molecule has 86 valence electrons. The first kappa shape index (κ1) is 11.0. The normalized spacial score (nSPS) is 15.6. The van der Waals surface area contributed by atoms with Crippen LogP contribution in [0.15, 0.2) is 6.20 Å². The van der Waals surface area contributed by atoms with Crippen LogP contribution in [0.25, 0.3) is 0 Å². The highest BCUT2D eigenvalue weighted by molar-refractivity contribution is 7.78. The monoisotopic (exact) mass is 242 g/mol. The molecule has 0 saturated heterocycles. The zero-order chi connectivity index (χ0) is 11.7. The van der Waals surface area contributed by atoms with E-state index >= 15 is 0 Å². The highest BCUT2D eigenvalue weighted by atomic mass is 32.1. The number of thiol groups is 1. The highest BCUT2D eigenvalue weighted by Crippen LogP contribution is 2.14. The average Bonchev–Trinajstić information content (AvgIpc) is 2.66. The van der Waals surface area contributed by atoms with Crippen LogP contribution in [0.3, 0.4) is 0 Å². The Morgan fingerprint density at radius 2 is 2.31 bits per heavy atom. The third kappa shape index (κ3) is 1.76. The van der Waals surface area contributed by atoms with E-state index in [1.165, 1.54) is 16.0 Å². The third-order valence-electron chi connectivity index (χ3n) is 2.31. The summed E-state index contributed by atoms with van der Waals surface area (Å²) >= 11 is 4.01. The number of nitrogens with zero attached hydrogens (tertiary/aromatic N) is 3. The lowest BCUT2D eigenvalue weighted by Gasteiger charge is -2.09. The van der Waals surface area contributed by atoms with Crippen LogP contribution in [0.5, 0.6) is 0 Å². The van der Waals surface area contributed by atoms with Gasteiger partial charge >= 0.3 is 0 Å². The van der Waals surface area contributed by atoms with E-state index in [0.29, 0.717) is 13.1 Å². The van der Waals surface area contributed by atoms with Crippen LogP contribution < -0.4 is 5.48 Å². The van der Waals surface area contributed by atoms with Crippen molar-refractivity contribution in [3.05, 3.63) is 17.7 Å². The summed E-state index contributed by atoms with van der Waals surface area (Å²) in [6.07, 6.45) is 2.17. The molecule has 8 heteroatoms. The molecule has 0 saturated carbocycles. The van der Waals surface area contributed by atoms with E-state index in [9.17, 15) is 9.59 Å². The van der Waals surface area contributed by atoms with Crippen molar-refractivity contribution in [1.29, 1.82) is 0 Å². The summed E-state index contributed by atoms with van der Waals surface area (Å²) in [6, 6.07) is 0. The van der Waals surface area contributed by atoms with Crippen LogP contribution in [0, 0.1) is 0 Å². The van der Waals surface area contributed by atoms with Gasteiger partial charge in [-0.25, -0.2) is 10.5 Å². The molecule has 2 heterocycles. The number of carbonyl (C=O) groups is 2. The maximum Gasteiger partial charge on any atom is 0.299 e. The van der Waals surface area contributed by atoms with Crippen molar-refractivity contribution in [2.75, 3.05) is 6.54 Å². The van der Waals surface area contributed by atoms with Crippen molar-refractivity contribution in [2.45, 2.75) is 13.0 Å². The van der Waals surface area contributed by atoms with Gasteiger partial charge in [-0.2, -0.15) is 0 Å². The molecule has 0 spiro atoms. The molecule has 0 fully saturated rings. The summed E-state index contributed by atoms with van der Waals surface area (Å²) in [5.74, 6) is -0.928. The van der Waals surface area contributed by atoms with Gasteiger partial charge < -0.3 is 4.57 Å². The molecule has 2 amide bonds. The van der Waals surface area contributed by atoms with E-state index in [2.05, 4.69) is 17.8 Å². The van der Waals surface area contributed by atoms with Crippen molar-refractivity contribution >= 4 is 24.6 Å². The number of amides is 2. The Hall–Kier alpha value is -1.54. The molecule has 1 aromatic rings. The van der Waals surface area contributed by atoms with Crippen LogP contribution in [0.2, 0.25) is 0 Å². The molecule has 0 atom stereocenters. The molecule has 7 nitrogen and oxygen atoms in total. The molecule has 0 aliphatic carbocycles. The summed E-state index contributed by atoms with van der Waals surface area (Å²) in [6.45, 7) is 1.12. The van der Waals surface area contributed by atoms with Crippen molar-refractivity contribution in [1.82, 2.24) is 19.3 Å². The molecule has 0 unspecified atom stereocenters. The SMILES string of the molecule is O=C(NO)c1cn2c(n1)C(=O)N(S)CCC2. The van der Waals surface area contributed by atoms with E-state index in [-0.39, 0.29) is 17.4 Å². The predicted octanol–water partition coefficient (Wildman–Crippen LogP) is -0.307. The molecule has 2 N–H and O–H groups in total. The number of rotatable bonds is 1. The molecule has 1 aromatic heterocycles. The Morgan fingerprint density at radius 3 is 3.00 bits per heavy atom. The van der Waals surface area contributed by atoms with Crippen molar-refractivity contribution in [3.8, 4) is 0 Å². The minimum Gasteiger partial charge on any atom is -0.326 e. The molecule has 1 aliphatic rings. The fourth-order valence-electron chi connectivity index (χ4n) is 1.53. The molecular weight excluding hydrogens is 232 g/mol. The molecular formula is C8H10N4O3S.